The average Bonchev–Trinajstić information content (AvgIpc) is 3.01. The molecule has 1 heterocycles. The van der Waals surface area contributed by atoms with E-state index in [-0.39, 0.29) is 23.2 Å². The van der Waals surface area contributed by atoms with Crippen LogP contribution in [-0.4, -0.2) is 28.0 Å². The van der Waals surface area contributed by atoms with Crippen molar-refractivity contribution in [2.24, 2.45) is 0 Å². The van der Waals surface area contributed by atoms with E-state index >= 15 is 0 Å². The molecule has 1 atom stereocenters. The van der Waals surface area contributed by atoms with Crippen LogP contribution in [0.25, 0.3) is 21.7 Å². The van der Waals surface area contributed by atoms with E-state index in [1.807, 2.05) is 86.8 Å². The number of aliphatic hydroxyl groups excluding tert-OH is 1. The third kappa shape index (κ3) is 6.52. The number of aromatic nitrogens is 1. The number of nitrogens with one attached hydrogen (secondary N) is 1. The number of ketones is 1. The van der Waals surface area contributed by atoms with Crippen LogP contribution in [-0.2, 0) is 24.0 Å². The minimum Gasteiger partial charge on any atom is -0.507 e. The normalized spacial score (nSPS) is 12.8. The Kier molecular flexibility index (Phi) is 8.65. The Bertz CT molecular complexity index is 1860. The number of carbonyl (C=O) groups excluding carboxylic acids is 1. The Hall–Kier alpha value is -4.42. The number of aliphatic hydroxyl groups is 1. The van der Waals surface area contributed by atoms with Crippen molar-refractivity contribution in [2.45, 2.75) is 78.4 Å². The predicted molar refractivity (Wildman–Crippen MR) is 184 cm³/mol. The number of phenols is 1. The van der Waals surface area contributed by atoms with Crippen LogP contribution in [0.4, 0.5) is 5.69 Å². The van der Waals surface area contributed by atoms with E-state index in [1.54, 1.807) is 0 Å². The number of anilines is 1. The number of hydrogen-bond donors (Lipinski definition) is 3. The molecule has 234 valence electrons. The number of fused-ring (bicyclic) bond motifs is 2. The number of rotatable bonds is 8. The molecule has 5 aromatic rings. The highest BCUT2D eigenvalue weighted by molar-refractivity contribution is 6.05. The van der Waals surface area contributed by atoms with E-state index in [2.05, 4.69) is 46.9 Å². The maximum atomic E-state index is 13.9. The van der Waals surface area contributed by atoms with Crippen molar-refractivity contribution < 1.29 is 19.7 Å². The van der Waals surface area contributed by atoms with Crippen molar-refractivity contribution >= 4 is 33.1 Å². The molecule has 0 saturated carbocycles. The molecule has 1 unspecified atom stereocenters. The number of phenolic OH excluding ortho intramolecular Hbond substituents is 1. The fourth-order valence-corrected chi connectivity index (χ4v) is 5.80. The van der Waals surface area contributed by atoms with E-state index in [4.69, 9.17) is 9.72 Å². The zero-order valence-electron chi connectivity index (χ0n) is 27.6. The van der Waals surface area contributed by atoms with Gasteiger partial charge in [0.1, 0.15) is 23.6 Å². The monoisotopic (exact) mass is 604 g/mol. The fourth-order valence-electron chi connectivity index (χ4n) is 5.80. The Morgan fingerprint density at radius 3 is 2.16 bits per heavy atom. The van der Waals surface area contributed by atoms with Crippen molar-refractivity contribution in [1.29, 1.82) is 0 Å². The number of carbonyl (C=O) groups is 1. The maximum Gasteiger partial charge on any atom is 0.171 e. The van der Waals surface area contributed by atoms with Crippen LogP contribution >= 0.6 is 0 Å². The molecule has 6 nitrogen and oxygen atoms in total. The summed E-state index contributed by atoms with van der Waals surface area (Å²) in [5, 5.41) is 27.2. The molecule has 0 saturated heterocycles. The summed E-state index contributed by atoms with van der Waals surface area (Å²) in [6, 6.07) is 23.4. The lowest BCUT2D eigenvalue weighted by Gasteiger charge is -2.28. The second-order valence-electron chi connectivity index (χ2n) is 14.0. The Morgan fingerprint density at radius 1 is 0.867 bits per heavy atom. The molecular weight excluding hydrogens is 560 g/mol. The van der Waals surface area contributed by atoms with Crippen molar-refractivity contribution in [3.8, 4) is 11.5 Å². The zero-order chi connectivity index (χ0) is 32.7. The Morgan fingerprint density at radius 2 is 1.53 bits per heavy atom. The first-order chi connectivity index (χ1) is 21.2. The number of hydrogen-bond acceptors (Lipinski definition) is 6. The molecule has 0 aliphatic heterocycles. The summed E-state index contributed by atoms with van der Waals surface area (Å²) >= 11 is 0. The van der Waals surface area contributed by atoms with E-state index in [1.165, 1.54) is 0 Å². The van der Waals surface area contributed by atoms with Crippen LogP contribution in [0.3, 0.4) is 0 Å². The molecule has 4 aromatic carbocycles. The number of pyridine rings is 1. The summed E-state index contributed by atoms with van der Waals surface area (Å²) in [6.07, 6.45) is 0. The minimum absolute atomic E-state index is 0.102. The van der Waals surface area contributed by atoms with Crippen LogP contribution < -0.4 is 10.1 Å². The van der Waals surface area contributed by atoms with Gasteiger partial charge in [-0.3, -0.25) is 4.79 Å². The summed E-state index contributed by atoms with van der Waals surface area (Å²) in [6.45, 7) is 14.5. The summed E-state index contributed by atoms with van der Waals surface area (Å²) < 4.78 is 6.40. The van der Waals surface area contributed by atoms with Crippen LogP contribution in [0.1, 0.15) is 92.7 Å². The molecule has 3 N–H and O–H groups in total. The van der Waals surface area contributed by atoms with Crippen LogP contribution in [0.5, 0.6) is 11.5 Å². The smallest absolute Gasteiger partial charge is 0.171 e. The number of aromatic hydroxyl groups is 1. The highest BCUT2D eigenvalue weighted by Gasteiger charge is 2.27. The van der Waals surface area contributed by atoms with E-state index in [9.17, 15) is 15.0 Å². The summed E-state index contributed by atoms with van der Waals surface area (Å²) in [4.78, 5) is 18.8. The number of benzene rings is 4. The molecule has 5 rings (SSSR count). The highest BCUT2D eigenvalue weighted by atomic mass is 16.5. The van der Waals surface area contributed by atoms with Gasteiger partial charge in [0.25, 0.3) is 0 Å². The topological polar surface area (TPSA) is 91.7 Å². The first kappa shape index (κ1) is 32.0. The molecule has 6 heteroatoms. The minimum atomic E-state index is -0.543. The lowest BCUT2D eigenvalue weighted by atomic mass is 9.78. The standard InChI is InChI=1S/C39H44N2O4/c1-23(36(43)30-20-27-19-29(40-8)14-12-26(27)18-28(30)21-42)33-15-13-25-10-9-11-34(35(25)41-33)45-22-24-16-31(38(2,3)4)37(44)32(17-24)39(5,6)7/h9-20,23,40,42,44H,21-22H2,1-8H3. The van der Waals surface area contributed by atoms with E-state index < -0.39 is 5.92 Å². The summed E-state index contributed by atoms with van der Waals surface area (Å²) in [5.74, 6) is 0.318. The van der Waals surface area contributed by atoms with Gasteiger partial charge in [-0.1, -0.05) is 65.8 Å². The third-order valence-electron chi connectivity index (χ3n) is 8.51. The van der Waals surface area contributed by atoms with Gasteiger partial charge in [0.05, 0.1) is 18.2 Å². The third-order valence-corrected chi connectivity index (χ3v) is 8.51. The van der Waals surface area contributed by atoms with Gasteiger partial charge < -0.3 is 20.3 Å². The van der Waals surface area contributed by atoms with Gasteiger partial charge in [0.2, 0.25) is 0 Å². The molecule has 0 radical (unpaired) electrons. The molecule has 0 fully saturated rings. The first-order valence-electron chi connectivity index (χ1n) is 15.5. The van der Waals surface area contributed by atoms with Gasteiger partial charge in [-0.2, -0.15) is 0 Å². The first-order valence-corrected chi connectivity index (χ1v) is 15.5. The fraction of sp³-hybridized carbons (Fsp3) is 0.333. The summed E-state index contributed by atoms with van der Waals surface area (Å²) in [5.41, 5.74) is 5.61. The molecular formula is C39H44N2O4. The highest BCUT2D eigenvalue weighted by Crippen LogP contribution is 2.40. The lowest BCUT2D eigenvalue weighted by Crippen LogP contribution is -2.18. The maximum absolute atomic E-state index is 13.9. The SMILES string of the molecule is CNc1ccc2cc(CO)c(C(=O)C(C)c3ccc4cccc(OCc5cc(C(C)(C)C)c(O)c(C(C)(C)C)c5)c4n3)cc2c1. The van der Waals surface area contributed by atoms with E-state index in [0.29, 0.717) is 40.4 Å². The predicted octanol–water partition coefficient (Wildman–Crippen LogP) is 8.79. The van der Waals surface area contributed by atoms with Crippen molar-refractivity contribution in [3.05, 3.63) is 106 Å². The number of ether oxygens (including phenoxy) is 1. The number of Topliss-reactive ketones (excluding diaryl/α,β-unsaturated/α-hetero) is 1. The van der Waals surface area contributed by atoms with Crippen LogP contribution in [0.2, 0.25) is 0 Å². The van der Waals surface area contributed by atoms with Crippen LogP contribution in [0.15, 0.2) is 72.8 Å². The van der Waals surface area contributed by atoms with Crippen molar-refractivity contribution in [1.82, 2.24) is 4.98 Å². The second-order valence-corrected chi connectivity index (χ2v) is 14.0. The molecule has 0 aliphatic rings. The lowest BCUT2D eigenvalue weighted by molar-refractivity contribution is 0.0961. The molecule has 0 spiro atoms. The van der Waals surface area contributed by atoms with Crippen molar-refractivity contribution in [2.75, 3.05) is 12.4 Å². The van der Waals surface area contributed by atoms with E-state index in [0.717, 1.165) is 38.5 Å². The number of nitrogens with zero attached hydrogens (tertiary/aromatic N) is 1. The second kappa shape index (κ2) is 12.2. The van der Waals surface area contributed by atoms with Gasteiger partial charge in [0.15, 0.2) is 5.78 Å². The van der Waals surface area contributed by atoms with Crippen molar-refractivity contribution in [3.63, 3.8) is 0 Å². The Balaban J connectivity index is 1.48. The quantitative estimate of drug-likeness (QED) is 0.153. The Labute approximate surface area is 266 Å². The zero-order valence-corrected chi connectivity index (χ0v) is 27.6. The summed E-state index contributed by atoms with van der Waals surface area (Å²) in [7, 11) is 1.86. The van der Waals surface area contributed by atoms with Crippen LogP contribution in [0, 0.1) is 0 Å². The van der Waals surface area contributed by atoms with Gasteiger partial charge in [-0.25, -0.2) is 4.98 Å². The molecule has 45 heavy (non-hydrogen) atoms. The molecule has 0 bridgehead atoms. The molecule has 0 amide bonds. The van der Waals surface area contributed by atoms with Gasteiger partial charge in [-0.15, -0.1) is 0 Å². The largest absolute Gasteiger partial charge is 0.507 e. The van der Waals surface area contributed by atoms with Gasteiger partial charge in [-0.05, 0) is 99.3 Å². The molecule has 0 aliphatic carbocycles. The van der Waals surface area contributed by atoms with Gasteiger partial charge in [0, 0.05) is 23.7 Å². The number of para-hydroxylation sites is 1. The molecule has 1 aromatic heterocycles. The van der Waals surface area contributed by atoms with Gasteiger partial charge >= 0.3 is 0 Å². The average molecular weight is 605 g/mol.